The monoisotopic (exact) mass is 1800 g/mol. The van der Waals surface area contributed by atoms with Crippen LogP contribution in [0.3, 0.4) is 0 Å². The van der Waals surface area contributed by atoms with Crippen molar-refractivity contribution in [1.82, 2.24) is 26.6 Å². The van der Waals surface area contributed by atoms with Crippen molar-refractivity contribution in [3.8, 4) is 28.7 Å². The number of carbonyl (C=O) groups excluding carboxylic acids is 6. The summed E-state index contributed by atoms with van der Waals surface area (Å²) in [5.41, 5.74) is -0.709. The minimum Gasteiger partial charge on any atom is -0.488 e. The molecule has 7 rings (SSSR count). The number of alkyl carbamates (subject to hydrolysis) is 5. The lowest BCUT2D eigenvalue weighted by Crippen LogP contribution is -2.62. The molecule has 5 aromatic carbocycles. The third-order valence-corrected chi connectivity index (χ3v) is 20.9. The number of benzene rings is 5. The highest BCUT2D eigenvalue weighted by molar-refractivity contribution is 5.82. The van der Waals surface area contributed by atoms with Crippen LogP contribution in [0.2, 0.25) is 0 Å². The molecule has 2 heterocycles. The molecule has 2 aliphatic heterocycles. The smallest absolute Gasteiger partial charge is 0.408 e. The van der Waals surface area contributed by atoms with Gasteiger partial charge in [-0.05, 0) is 294 Å². The molecule has 0 radical (unpaired) electrons. The molecule has 5 amide bonds. The molecule has 2 fully saturated rings. The second-order valence-corrected chi connectivity index (χ2v) is 43.6. The number of aliphatic hydroxyl groups excluding tert-OH is 2. The van der Waals surface area contributed by atoms with Gasteiger partial charge in [0.1, 0.15) is 91.8 Å². The van der Waals surface area contributed by atoms with Crippen LogP contribution in [0.1, 0.15) is 279 Å². The first-order chi connectivity index (χ1) is 58.6. The fourth-order valence-corrected chi connectivity index (χ4v) is 14.0. The van der Waals surface area contributed by atoms with E-state index in [1.807, 2.05) is 255 Å². The van der Waals surface area contributed by atoms with Crippen molar-refractivity contribution < 1.29 is 93.9 Å². The lowest BCUT2D eigenvalue weighted by Gasteiger charge is -2.47. The molecule has 129 heavy (non-hydrogen) atoms. The van der Waals surface area contributed by atoms with Crippen LogP contribution in [0.25, 0.3) is 0 Å². The van der Waals surface area contributed by atoms with Gasteiger partial charge in [-0.25, -0.2) is 28.8 Å². The van der Waals surface area contributed by atoms with Crippen LogP contribution in [0.15, 0.2) is 172 Å². The predicted molar refractivity (Wildman–Crippen MR) is 520 cm³/mol. The Bertz CT molecular complexity index is 4210. The van der Waals surface area contributed by atoms with Crippen LogP contribution in [-0.4, -0.2) is 152 Å². The van der Waals surface area contributed by atoms with Gasteiger partial charge in [0, 0.05) is 30.9 Å². The third kappa shape index (κ3) is 38.8. The predicted octanol–water partition coefficient (Wildman–Crippen LogP) is 22.9. The third-order valence-electron chi connectivity index (χ3n) is 20.9. The van der Waals surface area contributed by atoms with Crippen LogP contribution in [0.5, 0.6) is 28.7 Å². The summed E-state index contributed by atoms with van der Waals surface area (Å²) in [5.74, 6) is 3.44. The van der Waals surface area contributed by atoms with Crippen molar-refractivity contribution in [2.75, 3.05) is 7.11 Å². The van der Waals surface area contributed by atoms with Gasteiger partial charge < -0.3 is 88.9 Å². The number of hydrogen-bond donors (Lipinski definition) is 7. The van der Waals surface area contributed by atoms with Crippen molar-refractivity contribution in [2.45, 2.75) is 377 Å². The van der Waals surface area contributed by atoms with E-state index in [1.165, 1.54) is 7.11 Å². The number of carbonyl (C=O) groups is 6. The summed E-state index contributed by atoms with van der Waals surface area (Å²) in [5, 5.41) is 35.0. The zero-order chi connectivity index (χ0) is 99.1. The molecule has 24 nitrogen and oxygen atoms in total. The van der Waals surface area contributed by atoms with Gasteiger partial charge in [0.15, 0.2) is 0 Å². The number of ether oxygens (including phenoxy) is 11. The zero-order valence-electron chi connectivity index (χ0n) is 84.6. The number of nitrogens with one attached hydrogen (secondary N) is 5. The number of aliphatic hydroxyl groups is 2. The normalized spacial score (nSPS) is 17.9. The summed E-state index contributed by atoms with van der Waals surface area (Å²) >= 11 is 0. The van der Waals surface area contributed by atoms with E-state index in [-0.39, 0.29) is 76.9 Å². The van der Waals surface area contributed by atoms with Gasteiger partial charge in [0.05, 0.1) is 42.5 Å². The number of cyclic esters (lactones) is 2. The van der Waals surface area contributed by atoms with Crippen molar-refractivity contribution >= 4 is 36.4 Å². The van der Waals surface area contributed by atoms with Gasteiger partial charge in [-0.3, -0.25) is 0 Å². The number of hydrogen-bond acceptors (Lipinski definition) is 19. The molecule has 0 aromatic heterocycles. The SMILES string of the molecule is C=CC(C)(C)[C@@H]1OC(=O)N[C@]1(C)C(C)(C)c1ccc(OC(C)(C)C)cc1.C=CC(C)(C)[C@H]1OC(=O)N[C@]1(C)C(C)(C)c1ccc(OC(C)(C)C)cc1.C=CC[C@@H](O)[C@@H](Cc1ccc(OC(C)(C)C)cc1)NC(=O)OC(C)(C)C.C=CC[C@H](O)[C@@H](Cc1ccc(OC(C)(C)C)cc1)NC(=O)OC(C)(C)C.COC(=O)[C@@H](Cc1ccc(OC(C)(C)C)cc1)NC(=O)OC(C)(C)C.[HH].[HH]. The van der Waals surface area contributed by atoms with Gasteiger partial charge in [-0.15, -0.1) is 26.3 Å². The van der Waals surface area contributed by atoms with Gasteiger partial charge in [0.2, 0.25) is 0 Å². The fraction of sp³-hybridized carbons (Fsp3) is 0.581. The van der Waals surface area contributed by atoms with E-state index in [2.05, 4.69) is 105 Å². The Kier molecular flexibility index (Phi) is 39.9. The lowest BCUT2D eigenvalue weighted by atomic mass is 9.61. The summed E-state index contributed by atoms with van der Waals surface area (Å²) in [4.78, 5) is 72.3. The molecule has 7 N–H and O–H groups in total. The molecule has 5 aromatic rings. The Morgan fingerprint density at radius 3 is 0.837 bits per heavy atom. The van der Waals surface area contributed by atoms with Crippen molar-refractivity contribution in [2.24, 2.45) is 10.8 Å². The average Bonchev–Trinajstić information content (AvgIpc) is 1.60. The highest BCUT2D eigenvalue weighted by atomic mass is 16.6. The van der Waals surface area contributed by atoms with E-state index >= 15 is 0 Å². The van der Waals surface area contributed by atoms with E-state index in [0.717, 1.165) is 56.6 Å². The molecule has 724 valence electrons. The summed E-state index contributed by atoms with van der Waals surface area (Å²) in [6.07, 6.45) is 4.32. The highest BCUT2D eigenvalue weighted by Crippen LogP contribution is 2.49. The maximum atomic E-state index is 12.1. The van der Waals surface area contributed by atoms with Crippen LogP contribution < -0.4 is 50.3 Å². The van der Waals surface area contributed by atoms with E-state index in [9.17, 15) is 39.0 Å². The fourth-order valence-electron chi connectivity index (χ4n) is 14.0. The summed E-state index contributed by atoms with van der Waals surface area (Å²) in [7, 11) is 1.28. The molecule has 9 atom stereocenters. The van der Waals surface area contributed by atoms with Crippen LogP contribution in [0, 0.1) is 10.8 Å². The summed E-state index contributed by atoms with van der Waals surface area (Å²) in [6.45, 7) is 82.1. The minimum atomic E-state index is -0.825. The molecular weight excluding hydrogens is 1640 g/mol. The standard InChI is InChI=1S/2C22H33NO3.2C21H33NO4.C19H29NO5.2H2/c2*1-10-20(5,6)17-22(9,23-18(24)25-17)21(7,8)15-11-13-16(14-12-15)26-19(2,3)4;2*1-8-9-18(23)17(22-19(24)26-21(5,6)7)14-15-10-12-16(13-11-15)25-20(2,3)4;1-18(2,3)24-14-10-8-13(9-11-14)12-15(16(21)23-7)20-17(22)25-19(4,5)6;;/h2*10-14,17H,1H2,2-9H3,(H,23,24);2*8,10-13,17-18,23H,1,9,14H2,2-7H3,(H,22,24);8-11,15H,12H2,1-7H3,(H,20,22);2*1H/t17-,22+;17-,22-;17-,18+;17-,18-;15-;;/m10111../s1. The Morgan fingerprint density at radius 2 is 0.620 bits per heavy atom. The van der Waals surface area contributed by atoms with Crippen LogP contribution >= 0.6 is 0 Å². The largest absolute Gasteiger partial charge is 0.488 e. The minimum absolute atomic E-state index is 0. The molecule has 0 aliphatic carbocycles. The molecular formula is C105H165N5O19. The van der Waals surface area contributed by atoms with E-state index in [1.54, 1.807) is 74.5 Å². The molecule has 2 saturated heterocycles. The zero-order valence-corrected chi connectivity index (χ0v) is 84.6. The number of rotatable bonds is 29. The van der Waals surface area contributed by atoms with Gasteiger partial charge >= 0.3 is 36.4 Å². The number of amides is 5. The maximum absolute atomic E-state index is 12.1. The molecule has 24 heteroatoms. The quantitative estimate of drug-likeness (QED) is 0.0133. The molecule has 0 unspecified atom stereocenters. The maximum Gasteiger partial charge on any atom is 0.408 e. The molecule has 0 spiro atoms. The Labute approximate surface area is 776 Å². The second-order valence-electron chi connectivity index (χ2n) is 43.6. The molecule has 2 aliphatic rings. The van der Waals surface area contributed by atoms with Crippen molar-refractivity contribution in [1.29, 1.82) is 0 Å². The summed E-state index contributed by atoms with van der Waals surface area (Å²) in [6, 6.07) is 37.1. The lowest BCUT2D eigenvalue weighted by molar-refractivity contribution is -0.143. The van der Waals surface area contributed by atoms with Gasteiger partial charge in [-0.1, -0.05) is 140 Å². The average molecular weight is 1800 g/mol. The Morgan fingerprint density at radius 1 is 0.388 bits per heavy atom. The number of esters is 1. The highest BCUT2D eigenvalue weighted by Gasteiger charge is 2.61. The first kappa shape index (κ1) is 113. The van der Waals surface area contributed by atoms with E-state index < -0.39 is 82.5 Å². The second kappa shape index (κ2) is 45.6. The summed E-state index contributed by atoms with van der Waals surface area (Å²) < 4.78 is 61.2. The Balaban J connectivity index is 0.000000816. The van der Waals surface area contributed by atoms with Crippen molar-refractivity contribution in [3.63, 3.8) is 0 Å². The van der Waals surface area contributed by atoms with Gasteiger partial charge in [0.25, 0.3) is 0 Å². The first-order valence-electron chi connectivity index (χ1n) is 44.5. The van der Waals surface area contributed by atoms with Crippen molar-refractivity contribution in [3.05, 3.63) is 200 Å². The molecule has 0 bridgehead atoms. The van der Waals surface area contributed by atoms with E-state index in [0.29, 0.717) is 32.1 Å². The Hall–Kier alpha value is -10.2. The van der Waals surface area contributed by atoms with Crippen LogP contribution in [0.4, 0.5) is 24.0 Å². The topological polar surface area (TPSA) is 305 Å². The first-order valence-corrected chi connectivity index (χ1v) is 44.5. The van der Waals surface area contributed by atoms with Gasteiger partial charge in [-0.2, -0.15) is 0 Å². The van der Waals surface area contributed by atoms with Crippen LogP contribution in [-0.2, 0) is 63.3 Å². The number of methoxy groups -OCH3 is 1. The van der Waals surface area contributed by atoms with E-state index in [4.69, 9.17) is 52.1 Å². The molecule has 0 saturated carbocycles.